The molecule has 4 heteroatoms. The molecule has 0 radical (unpaired) electrons. The van der Waals surface area contributed by atoms with Gasteiger partial charge in [0.05, 0.1) is 19.0 Å². The average molecular weight is 259 g/mol. The molecular formula is C15H17NO3. The van der Waals surface area contributed by atoms with E-state index < -0.39 is 5.97 Å². The zero-order chi connectivity index (χ0) is 14.0. The maximum absolute atomic E-state index is 10.9. The van der Waals surface area contributed by atoms with Crippen LogP contribution in [0.4, 0.5) is 0 Å². The first-order valence-electron chi connectivity index (χ1n) is 6.05. The van der Waals surface area contributed by atoms with Crippen LogP contribution in [-0.4, -0.2) is 22.8 Å². The van der Waals surface area contributed by atoms with Gasteiger partial charge in [-0.2, -0.15) is 0 Å². The van der Waals surface area contributed by atoms with Gasteiger partial charge >= 0.3 is 5.97 Å². The fourth-order valence-electron chi connectivity index (χ4n) is 2.12. The number of nitrogens with zero attached hydrogens (tertiary/aromatic N) is 1. The zero-order valence-electron chi connectivity index (χ0n) is 11.3. The molecule has 100 valence electrons. The lowest BCUT2D eigenvalue weighted by atomic mass is 10.1. The van der Waals surface area contributed by atoms with Crippen LogP contribution in [-0.2, 0) is 11.2 Å². The predicted octanol–water partition coefficient (Wildman–Crippen LogP) is 3.16. The monoisotopic (exact) mass is 259 g/mol. The van der Waals surface area contributed by atoms with Gasteiger partial charge in [-0.3, -0.25) is 4.79 Å². The number of hydrogen-bond acceptors (Lipinski definition) is 2. The fraction of sp³-hybridized carbons (Fsp3) is 0.267. The average Bonchev–Trinajstić information content (AvgIpc) is 2.65. The smallest absolute Gasteiger partial charge is 0.307 e. The van der Waals surface area contributed by atoms with E-state index in [4.69, 9.17) is 9.84 Å². The van der Waals surface area contributed by atoms with E-state index in [2.05, 4.69) is 0 Å². The molecule has 0 saturated carbocycles. The number of methoxy groups -OCH3 is 1. The maximum Gasteiger partial charge on any atom is 0.307 e. The van der Waals surface area contributed by atoms with Gasteiger partial charge in [0.25, 0.3) is 0 Å². The number of carbonyl (C=O) groups is 1. The molecular weight excluding hydrogens is 242 g/mol. The number of benzene rings is 1. The van der Waals surface area contributed by atoms with E-state index >= 15 is 0 Å². The Morgan fingerprint density at radius 1 is 1.42 bits per heavy atom. The Hall–Kier alpha value is -2.23. The number of ether oxygens (including phenoxy) is 1. The first kappa shape index (κ1) is 13.2. The number of allylic oxidation sites excluding steroid dienone is 1. The molecule has 2 rings (SSSR count). The van der Waals surface area contributed by atoms with Crippen molar-refractivity contribution in [2.45, 2.75) is 20.3 Å². The van der Waals surface area contributed by atoms with Crippen LogP contribution in [0.25, 0.3) is 17.1 Å². The van der Waals surface area contributed by atoms with Gasteiger partial charge in [0.15, 0.2) is 0 Å². The van der Waals surface area contributed by atoms with E-state index in [0.29, 0.717) is 0 Å². The van der Waals surface area contributed by atoms with Crippen LogP contribution in [0.2, 0.25) is 0 Å². The summed E-state index contributed by atoms with van der Waals surface area (Å²) in [6.07, 6.45) is 3.86. The van der Waals surface area contributed by atoms with Crippen LogP contribution in [0.15, 0.2) is 30.0 Å². The Kier molecular flexibility index (Phi) is 3.60. The maximum atomic E-state index is 10.9. The van der Waals surface area contributed by atoms with Gasteiger partial charge < -0.3 is 14.4 Å². The normalized spacial score (nSPS) is 10.5. The van der Waals surface area contributed by atoms with Crippen LogP contribution in [0.5, 0.6) is 5.75 Å². The second-order valence-corrected chi connectivity index (χ2v) is 4.72. The minimum atomic E-state index is -0.834. The summed E-state index contributed by atoms with van der Waals surface area (Å²) in [6.45, 7) is 4.01. The van der Waals surface area contributed by atoms with Gasteiger partial charge in [-0.05, 0) is 37.6 Å². The fourth-order valence-corrected chi connectivity index (χ4v) is 2.12. The molecule has 0 aliphatic rings. The number of fused-ring (bicyclic) bond motifs is 1. The number of carboxylic acids is 1. The SMILES string of the molecule is COc1ccc2c(c1)c(CC(=O)O)cn2C=C(C)C. The van der Waals surface area contributed by atoms with Crippen molar-refractivity contribution in [1.82, 2.24) is 4.57 Å². The van der Waals surface area contributed by atoms with Gasteiger partial charge in [0.1, 0.15) is 5.75 Å². The Balaban J connectivity index is 2.65. The van der Waals surface area contributed by atoms with Crippen LogP contribution < -0.4 is 4.74 Å². The minimum absolute atomic E-state index is 0.00721. The van der Waals surface area contributed by atoms with Gasteiger partial charge in [0.2, 0.25) is 0 Å². The van der Waals surface area contributed by atoms with E-state index in [9.17, 15) is 4.79 Å². The van der Waals surface area contributed by atoms with Crippen LogP contribution in [0, 0.1) is 0 Å². The Morgan fingerprint density at radius 2 is 2.16 bits per heavy atom. The molecule has 0 aliphatic carbocycles. The van der Waals surface area contributed by atoms with Gasteiger partial charge in [-0.1, -0.05) is 5.57 Å². The number of carboxylic acid groups (broad SMARTS) is 1. The molecule has 1 heterocycles. The van der Waals surface area contributed by atoms with Crippen molar-refractivity contribution in [3.63, 3.8) is 0 Å². The Bertz CT molecular complexity index is 649. The number of aliphatic carboxylic acids is 1. The highest BCUT2D eigenvalue weighted by Gasteiger charge is 2.11. The van der Waals surface area contributed by atoms with Crippen LogP contribution in [0.1, 0.15) is 19.4 Å². The molecule has 0 aliphatic heterocycles. The largest absolute Gasteiger partial charge is 0.497 e. The molecule has 0 fully saturated rings. The van der Waals surface area contributed by atoms with Crippen molar-refractivity contribution in [3.8, 4) is 5.75 Å². The molecule has 1 aromatic heterocycles. The summed E-state index contributed by atoms with van der Waals surface area (Å²) in [6, 6.07) is 5.70. The Labute approximate surface area is 111 Å². The third kappa shape index (κ3) is 2.78. The second kappa shape index (κ2) is 5.18. The van der Waals surface area contributed by atoms with E-state index in [0.717, 1.165) is 27.8 Å². The summed E-state index contributed by atoms with van der Waals surface area (Å²) in [4.78, 5) is 10.9. The lowest BCUT2D eigenvalue weighted by molar-refractivity contribution is -0.136. The van der Waals surface area contributed by atoms with Crippen LogP contribution in [0.3, 0.4) is 0 Å². The highest BCUT2D eigenvalue weighted by atomic mass is 16.5. The summed E-state index contributed by atoms with van der Waals surface area (Å²) < 4.78 is 7.16. The first-order chi connectivity index (χ1) is 9.01. The molecule has 1 N–H and O–H groups in total. The highest BCUT2D eigenvalue weighted by Crippen LogP contribution is 2.27. The topological polar surface area (TPSA) is 51.5 Å². The van der Waals surface area contributed by atoms with Crippen molar-refractivity contribution >= 4 is 23.1 Å². The predicted molar refractivity (Wildman–Crippen MR) is 75.5 cm³/mol. The van der Waals surface area contributed by atoms with E-state index in [-0.39, 0.29) is 6.42 Å². The molecule has 19 heavy (non-hydrogen) atoms. The van der Waals surface area contributed by atoms with Gasteiger partial charge in [-0.25, -0.2) is 0 Å². The van der Waals surface area contributed by atoms with Gasteiger partial charge in [0, 0.05) is 17.8 Å². The minimum Gasteiger partial charge on any atom is -0.497 e. The Morgan fingerprint density at radius 3 is 2.74 bits per heavy atom. The van der Waals surface area contributed by atoms with Gasteiger partial charge in [-0.15, -0.1) is 0 Å². The molecule has 0 bridgehead atoms. The molecule has 2 aromatic rings. The summed E-state index contributed by atoms with van der Waals surface area (Å²) in [5.41, 5.74) is 2.92. The molecule has 4 nitrogen and oxygen atoms in total. The third-order valence-corrected chi connectivity index (χ3v) is 2.86. The summed E-state index contributed by atoms with van der Waals surface area (Å²) >= 11 is 0. The first-order valence-corrected chi connectivity index (χ1v) is 6.05. The van der Waals surface area contributed by atoms with E-state index in [1.54, 1.807) is 7.11 Å². The quantitative estimate of drug-likeness (QED) is 0.917. The standard InChI is InChI=1S/C15H17NO3/c1-10(2)8-16-9-11(6-15(17)18)13-7-12(19-3)4-5-14(13)16/h4-5,7-9H,6H2,1-3H3,(H,17,18). The number of hydrogen-bond donors (Lipinski definition) is 1. The number of aromatic nitrogens is 1. The van der Waals surface area contributed by atoms with Crippen LogP contribution >= 0.6 is 0 Å². The third-order valence-electron chi connectivity index (χ3n) is 2.86. The van der Waals surface area contributed by atoms with E-state index in [1.165, 1.54) is 0 Å². The highest BCUT2D eigenvalue weighted by molar-refractivity contribution is 5.90. The molecule has 0 amide bonds. The molecule has 0 saturated heterocycles. The van der Waals surface area contributed by atoms with Crippen molar-refractivity contribution in [2.75, 3.05) is 7.11 Å². The second-order valence-electron chi connectivity index (χ2n) is 4.72. The van der Waals surface area contributed by atoms with Crippen molar-refractivity contribution < 1.29 is 14.6 Å². The van der Waals surface area contributed by atoms with E-state index in [1.807, 2.05) is 49.0 Å². The summed E-state index contributed by atoms with van der Waals surface area (Å²) in [5.74, 6) is -0.104. The lowest BCUT2D eigenvalue weighted by Gasteiger charge is -2.02. The zero-order valence-corrected chi connectivity index (χ0v) is 11.3. The molecule has 1 aromatic carbocycles. The number of rotatable bonds is 4. The molecule has 0 spiro atoms. The summed E-state index contributed by atoms with van der Waals surface area (Å²) in [7, 11) is 1.60. The van der Waals surface area contributed by atoms with Crippen molar-refractivity contribution in [1.29, 1.82) is 0 Å². The molecule has 0 atom stereocenters. The summed E-state index contributed by atoms with van der Waals surface area (Å²) in [5, 5.41) is 9.90. The lowest BCUT2D eigenvalue weighted by Crippen LogP contribution is -1.99. The van der Waals surface area contributed by atoms with Crippen molar-refractivity contribution in [2.24, 2.45) is 0 Å². The van der Waals surface area contributed by atoms with Crippen molar-refractivity contribution in [3.05, 3.63) is 35.5 Å². The molecule has 0 unspecified atom stereocenters.